The topological polar surface area (TPSA) is 177 Å². The number of amides is 2. The highest BCUT2D eigenvalue weighted by atomic mass is 16.6. The smallest absolute Gasteiger partial charge is 0.407 e. The van der Waals surface area contributed by atoms with E-state index in [1.54, 1.807) is 6.07 Å². The number of carbonyl (C=O) groups is 2. The average Bonchev–Trinajstić information content (AvgIpc) is 2.89. The number of nitrogens with two attached hydrogens (primary N) is 1. The summed E-state index contributed by atoms with van der Waals surface area (Å²) in [5.41, 5.74) is 4.50. The number of hydrogen-bond donors (Lipinski definition) is 3. The van der Waals surface area contributed by atoms with Crippen LogP contribution in [0.5, 0.6) is 0 Å². The Bertz CT molecular complexity index is 798. The first-order chi connectivity index (χ1) is 19.8. The van der Waals surface area contributed by atoms with Gasteiger partial charge in [0.2, 0.25) is 0 Å². The largest absolute Gasteiger partial charge is 0.444 e. The average molecular weight is 592 g/mol. The Morgan fingerprint density at radius 2 is 1.12 bits per heavy atom. The molecule has 4 N–H and O–H groups in total. The highest BCUT2D eigenvalue weighted by Crippen LogP contribution is 2.08. The lowest BCUT2D eigenvalue weighted by molar-refractivity contribution is 0.0515. The van der Waals surface area contributed by atoms with Crippen LogP contribution in [0, 0.1) is 34.0 Å². The Balaban J connectivity index is -0.000000685. The zero-order valence-corrected chi connectivity index (χ0v) is 27.1. The summed E-state index contributed by atoms with van der Waals surface area (Å²) in [4.78, 5) is 24.8. The van der Waals surface area contributed by atoms with Crippen molar-refractivity contribution in [2.24, 2.45) is 5.73 Å². The van der Waals surface area contributed by atoms with Crippen LogP contribution in [-0.2, 0) is 9.47 Å². The van der Waals surface area contributed by atoms with E-state index in [0.717, 1.165) is 77.5 Å². The van der Waals surface area contributed by atoms with Gasteiger partial charge in [-0.05, 0) is 80.3 Å². The molecular formula is C31H57N7O4. The molecule has 0 spiro atoms. The molecule has 0 bridgehead atoms. The van der Waals surface area contributed by atoms with Gasteiger partial charge in [-0.2, -0.15) is 15.8 Å². The maximum Gasteiger partial charge on any atom is 0.407 e. The second kappa shape index (κ2) is 29.2. The molecular weight excluding hydrogens is 534 g/mol. The van der Waals surface area contributed by atoms with E-state index in [2.05, 4.69) is 34.3 Å². The molecule has 0 aliphatic rings. The number of allylic oxidation sites excluding steroid dienone is 1. The van der Waals surface area contributed by atoms with Crippen molar-refractivity contribution in [3.8, 4) is 18.2 Å². The van der Waals surface area contributed by atoms with E-state index >= 15 is 0 Å². The molecule has 42 heavy (non-hydrogen) atoms. The Kier molecular flexibility index (Phi) is 30.0. The number of nitrogens with one attached hydrogen (secondary N) is 2. The molecule has 0 aromatic carbocycles. The molecule has 0 heterocycles. The minimum atomic E-state index is -0.458. The van der Waals surface area contributed by atoms with E-state index in [4.69, 9.17) is 31.0 Å². The molecule has 0 fully saturated rings. The molecule has 2 amide bonds. The zero-order chi connectivity index (χ0) is 32.7. The first-order valence-electron chi connectivity index (χ1n) is 14.9. The lowest BCUT2D eigenvalue weighted by Crippen LogP contribution is -2.33. The van der Waals surface area contributed by atoms with Crippen LogP contribution in [0.1, 0.15) is 106 Å². The lowest BCUT2D eigenvalue weighted by Gasteiger charge is -2.20. The monoisotopic (exact) mass is 591 g/mol. The highest BCUT2D eigenvalue weighted by Gasteiger charge is 2.16. The van der Waals surface area contributed by atoms with Gasteiger partial charge in [0, 0.05) is 45.1 Å². The molecule has 0 atom stereocenters. The van der Waals surface area contributed by atoms with Crippen LogP contribution < -0.4 is 16.4 Å². The van der Waals surface area contributed by atoms with Gasteiger partial charge in [0.1, 0.15) is 11.2 Å². The van der Waals surface area contributed by atoms with E-state index in [1.807, 2.05) is 41.5 Å². The predicted molar refractivity (Wildman–Crippen MR) is 167 cm³/mol. The highest BCUT2D eigenvalue weighted by molar-refractivity contribution is 5.67. The van der Waals surface area contributed by atoms with Gasteiger partial charge in [0.25, 0.3) is 0 Å². The SMILES string of the molecule is C=CC#N.CC(C)(C)OC(=O)NCCCCCCN.CC(C)(C)OC(=O)NCCCCCCN(CCC#N)CCC#N. The first kappa shape index (κ1) is 43.1. The third kappa shape index (κ3) is 41.2. The Hall–Kier alpha value is -3.33. The number of carbonyl (C=O) groups excluding carboxylic acids is 2. The van der Waals surface area contributed by atoms with E-state index in [0.29, 0.717) is 25.9 Å². The number of alkyl carbamates (subject to hydrolysis) is 2. The predicted octanol–water partition coefficient (Wildman–Crippen LogP) is 5.93. The summed E-state index contributed by atoms with van der Waals surface area (Å²) >= 11 is 0. The van der Waals surface area contributed by atoms with Gasteiger partial charge in [0.05, 0.1) is 18.2 Å². The second-order valence-corrected chi connectivity index (χ2v) is 11.5. The van der Waals surface area contributed by atoms with Crippen LogP contribution in [0.15, 0.2) is 12.7 Å². The van der Waals surface area contributed by atoms with Gasteiger partial charge in [0.15, 0.2) is 0 Å². The molecule has 0 aliphatic carbocycles. The van der Waals surface area contributed by atoms with Crippen molar-refractivity contribution in [2.75, 3.05) is 39.3 Å². The summed E-state index contributed by atoms with van der Waals surface area (Å²) in [5.74, 6) is 0. The summed E-state index contributed by atoms with van der Waals surface area (Å²) in [6, 6.07) is 5.98. The van der Waals surface area contributed by atoms with Crippen molar-refractivity contribution in [2.45, 2.75) is 117 Å². The van der Waals surface area contributed by atoms with Crippen molar-refractivity contribution < 1.29 is 19.1 Å². The number of hydrogen-bond acceptors (Lipinski definition) is 9. The van der Waals surface area contributed by atoms with Gasteiger partial charge >= 0.3 is 12.2 Å². The molecule has 240 valence electrons. The van der Waals surface area contributed by atoms with E-state index in [-0.39, 0.29) is 12.2 Å². The molecule has 0 rings (SSSR count). The van der Waals surface area contributed by atoms with Gasteiger partial charge in [-0.15, -0.1) is 0 Å². The Morgan fingerprint density at radius 3 is 1.45 bits per heavy atom. The third-order valence-electron chi connectivity index (χ3n) is 5.04. The third-order valence-corrected chi connectivity index (χ3v) is 5.04. The maximum atomic E-state index is 11.4. The van der Waals surface area contributed by atoms with Crippen molar-refractivity contribution in [3.63, 3.8) is 0 Å². The van der Waals surface area contributed by atoms with Crippen molar-refractivity contribution >= 4 is 12.2 Å². The van der Waals surface area contributed by atoms with Crippen LogP contribution in [0.3, 0.4) is 0 Å². The summed E-state index contributed by atoms with van der Waals surface area (Å²) < 4.78 is 10.3. The zero-order valence-electron chi connectivity index (χ0n) is 27.1. The van der Waals surface area contributed by atoms with Gasteiger partial charge in [-0.25, -0.2) is 9.59 Å². The van der Waals surface area contributed by atoms with E-state index < -0.39 is 11.2 Å². The van der Waals surface area contributed by atoms with Gasteiger partial charge in [-0.1, -0.05) is 32.3 Å². The lowest BCUT2D eigenvalue weighted by atomic mass is 10.2. The number of rotatable bonds is 17. The standard InChI is InChI=1S/C17H30N4O2.C11H24N2O2.C3H3N/c1-17(2,3)23-16(22)20-12-6-4-5-7-13-21(14-8-10-18)15-9-11-19;1-11(2,3)15-10(14)13-9-7-5-4-6-8-12;1-2-3-4/h4-9,12-15H2,1-3H3,(H,20,22);4-9,12H2,1-3H3,(H,13,14);2H,1H2. The molecule has 0 aromatic heterocycles. The molecule has 11 nitrogen and oxygen atoms in total. The summed E-state index contributed by atoms with van der Waals surface area (Å²) in [7, 11) is 0. The molecule has 0 unspecified atom stereocenters. The van der Waals surface area contributed by atoms with Crippen LogP contribution in [0.25, 0.3) is 0 Å². The van der Waals surface area contributed by atoms with Crippen LogP contribution in [0.2, 0.25) is 0 Å². The molecule has 0 aliphatic heterocycles. The van der Waals surface area contributed by atoms with Crippen molar-refractivity contribution in [3.05, 3.63) is 12.7 Å². The van der Waals surface area contributed by atoms with Crippen molar-refractivity contribution in [1.29, 1.82) is 15.8 Å². The molecule has 0 saturated carbocycles. The van der Waals surface area contributed by atoms with Crippen LogP contribution in [-0.4, -0.2) is 67.6 Å². The fourth-order valence-corrected chi connectivity index (χ4v) is 3.20. The van der Waals surface area contributed by atoms with Gasteiger partial charge < -0.3 is 30.7 Å². The first-order valence-corrected chi connectivity index (χ1v) is 14.9. The fraction of sp³-hybridized carbons (Fsp3) is 0.774. The minimum absolute atomic E-state index is 0.332. The molecule has 0 saturated heterocycles. The molecule has 11 heteroatoms. The molecule has 0 radical (unpaired) electrons. The number of unbranched alkanes of at least 4 members (excludes halogenated alkanes) is 6. The molecule has 0 aromatic rings. The quantitative estimate of drug-likeness (QED) is 0.137. The summed E-state index contributed by atoms with van der Waals surface area (Å²) in [5, 5.41) is 30.3. The number of nitrogens with zero attached hydrogens (tertiary/aromatic N) is 4. The Labute approximate surface area is 255 Å². The van der Waals surface area contributed by atoms with Crippen LogP contribution >= 0.6 is 0 Å². The minimum Gasteiger partial charge on any atom is -0.444 e. The Morgan fingerprint density at radius 1 is 0.738 bits per heavy atom. The summed E-state index contributed by atoms with van der Waals surface area (Å²) in [6.45, 7) is 18.7. The normalized spacial score (nSPS) is 10.3. The second-order valence-electron chi connectivity index (χ2n) is 11.5. The van der Waals surface area contributed by atoms with E-state index in [1.165, 1.54) is 6.08 Å². The number of ether oxygens (including phenoxy) is 2. The van der Waals surface area contributed by atoms with Crippen molar-refractivity contribution in [1.82, 2.24) is 15.5 Å². The summed E-state index contributed by atoms with van der Waals surface area (Å²) in [6.07, 6.45) is 9.87. The van der Waals surface area contributed by atoms with Gasteiger partial charge in [-0.3, -0.25) is 0 Å². The number of nitriles is 3. The van der Waals surface area contributed by atoms with E-state index in [9.17, 15) is 9.59 Å². The maximum absolute atomic E-state index is 11.4. The van der Waals surface area contributed by atoms with Crippen LogP contribution in [0.4, 0.5) is 9.59 Å². The fourth-order valence-electron chi connectivity index (χ4n) is 3.20.